The van der Waals surface area contributed by atoms with Crippen molar-refractivity contribution in [2.75, 3.05) is 0 Å². The number of hydrogen-bond acceptors (Lipinski definition) is 0. The van der Waals surface area contributed by atoms with Crippen molar-refractivity contribution in [2.45, 2.75) is 12.5 Å². The Kier molecular flexibility index (Phi) is 5.25. The second-order valence-corrected chi connectivity index (χ2v) is 14.0. The van der Waals surface area contributed by atoms with Gasteiger partial charge in [-0.15, -0.1) is 0 Å². The first-order valence-corrected chi connectivity index (χ1v) is 14.9. The van der Waals surface area contributed by atoms with E-state index in [2.05, 4.69) is 134 Å². The van der Waals surface area contributed by atoms with Gasteiger partial charge in [-0.2, -0.15) is 11.1 Å². The highest BCUT2D eigenvalue weighted by molar-refractivity contribution is 7.35. The first kappa shape index (κ1) is 21.2. The molecule has 1 aliphatic rings. The molecule has 1 aliphatic carbocycles. The van der Waals surface area contributed by atoms with Gasteiger partial charge in [0.2, 0.25) is 7.38 Å². The summed E-state index contributed by atoms with van der Waals surface area (Å²) in [7, 11) is -2.66. The monoisotopic (exact) mass is 472 g/mol. The zero-order valence-corrected chi connectivity index (χ0v) is 20.8. The Bertz CT molecular complexity index is 1470. The molecular formula is C32H25ClSi. The van der Waals surface area contributed by atoms with E-state index in [-0.39, 0.29) is 5.54 Å². The predicted molar refractivity (Wildman–Crippen MR) is 150 cm³/mol. The molecule has 34 heavy (non-hydrogen) atoms. The van der Waals surface area contributed by atoms with Crippen LogP contribution in [0.2, 0.25) is 0 Å². The topological polar surface area (TPSA) is 0 Å². The number of rotatable bonds is 4. The van der Waals surface area contributed by atoms with Crippen molar-refractivity contribution < 1.29 is 0 Å². The standard InChI is InChI=1S/C32H25ClSi/c1-23-22-31-29(28-19-10-13-24-12-8-9-18-27(24)28)20-11-21-30(31)32(23)34(33,25-14-4-2-5-15-25)26-16-6-3-7-17-26/h2-22,32H,1H3. The van der Waals surface area contributed by atoms with Crippen molar-refractivity contribution in [3.63, 3.8) is 0 Å². The number of halogens is 1. The molecule has 0 aliphatic heterocycles. The summed E-state index contributed by atoms with van der Waals surface area (Å²) in [6, 6.07) is 43.5. The van der Waals surface area contributed by atoms with Gasteiger partial charge >= 0.3 is 0 Å². The highest BCUT2D eigenvalue weighted by Gasteiger charge is 2.47. The van der Waals surface area contributed by atoms with Crippen molar-refractivity contribution >= 4 is 45.7 Å². The Balaban J connectivity index is 1.59. The van der Waals surface area contributed by atoms with Crippen molar-refractivity contribution in [3.05, 3.63) is 138 Å². The van der Waals surface area contributed by atoms with Gasteiger partial charge in [-0.05, 0) is 50.3 Å². The summed E-state index contributed by atoms with van der Waals surface area (Å²) >= 11 is 7.91. The zero-order chi connectivity index (χ0) is 23.1. The fourth-order valence-corrected chi connectivity index (χ4v) is 11.0. The molecule has 0 nitrogen and oxygen atoms in total. The molecule has 0 spiro atoms. The molecule has 0 amide bonds. The van der Waals surface area contributed by atoms with Crippen molar-refractivity contribution in [3.8, 4) is 11.1 Å². The van der Waals surface area contributed by atoms with Crippen LogP contribution in [-0.2, 0) is 0 Å². The van der Waals surface area contributed by atoms with Crippen LogP contribution in [-0.4, -0.2) is 7.38 Å². The lowest BCUT2D eigenvalue weighted by molar-refractivity contribution is 1.11. The third-order valence-electron chi connectivity index (χ3n) is 7.14. The van der Waals surface area contributed by atoms with Crippen LogP contribution in [0.4, 0.5) is 0 Å². The third-order valence-corrected chi connectivity index (χ3v) is 13.0. The van der Waals surface area contributed by atoms with Crippen LogP contribution in [0.1, 0.15) is 23.6 Å². The molecule has 0 heterocycles. The molecular weight excluding hydrogens is 448 g/mol. The molecule has 0 saturated carbocycles. The predicted octanol–water partition coefficient (Wildman–Crippen LogP) is 7.55. The van der Waals surface area contributed by atoms with E-state index in [1.54, 1.807) is 0 Å². The molecule has 1 unspecified atom stereocenters. The van der Waals surface area contributed by atoms with Crippen LogP contribution in [0.3, 0.4) is 0 Å². The first-order chi connectivity index (χ1) is 16.7. The average molecular weight is 473 g/mol. The van der Waals surface area contributed by atoms with E-state index in [9.17, 15) is 0 Å². The Labute approximate surface area is 206 Å². The van der Waals surface area contributed by atoms with E-state index in [0.29, 0.717) is 0 Å². The minimum absolute atomic E-state index is 0.170. The van der Waals surface area contributed by atoms with Gasteiger partial charge in [0, 0.05) is 5.54 Å². The highest BCUT2D eigenvalue weighted by Crippen LogP contribution is 2.47. The van der Waals surface area contributed by atoms with E-state index >= 15 is 0 Å². The fraction of sp³-hybridized carbons (Fsp3) is 0.0625. The molecule has 0 bridgehead atoms. The van der Waals surface area contributed by atoms with E-state index in [4.69, 9.17) is 11.1 Å². The van der Waals surface area contributed by atoms with Gasteiger partial charge in [0.15, 0.2) is 0 Å². The highest BCUT2D eigenvalue weighted by atomic mass is 35.6. The van der Waals surface area contributed by atoms with Gasteiger partial charge in [-0.3, -0.25) is 0 Å². The van der Waals surface area contributed by atoms with Gasteiger partial charge in [0.05, 0.1) is 0 Å². The molecule has 6 rings (SSSR count). The Morgan fingerprint density at radius 3 is 1.85 bits per heavy atom. The van der Waals surface area contributed by atoms with Crippen LogP contribution in [0.5, 0.6) is 0 Å². The van der Waals surface area contributed by atoms with E-state index in [1.807, 2.05) is 0 Å². The third kappa shape index (κ3) is 3.27. The van der Waals surface area contributed by atoms with Gasteiger partial charge in [-0.25, -0.2) is 0 Å². The van der Waals surface area contributed by atoms with Crippen LogP contribution in [0.15, 0.2) is 127 Å². The minimum atomic E-state index is -2.66. The second-order valence-electron chi connectivity index (χ2n) is 9.10. The van der Waals surface area contributed by atoms with Gasteiger partial charge in [0.1, 0.15) is 0 Å². The average Bonchev–Trinajstić information content (AvgIpc) is 3.25. The number of benzene rings is 5. The molecule has 2 heteroatoms. The largest absolute Gasteiger partial charge is 0.228 e. The molecule has 0 aromatic heterocycles. The maximum Gasteiger partial charge on any atom is 0.228 e. The van der Waals surface area contributed by atoms with Crippen LogP contribution in [0, 0.1) is 0 Å². The lowest BCUT2D eigenvalue weighted by atomic mass is 9.93. The van der Waals surface area contributed by atoms with Gasteiger partial charge < -0.3 is 0 Å². The molecule has 5 aromatic carbocycles. The Hall–Kier alpha value is -3.39. The summed E-state index contributed by atoms with van der Waals surface area (Å²) in [5.74, 6) is 0. The summed E-state index contributed by atoms with van der Waals surface area (Å²) in [5, 5.41) is 5.06. The fourth-order valence-electron chi connectivity index (χ4n) is 5.64. The molecule has 164 valence electrons. The summed E-state index contributed by atoms with van der Waals surface area (Å²) in [5.41, 5.74) is 6.73. The molecule has 5 aromatic rings. The SMILES string of the molecule is CC1=Cc2c(-c3cccc4ccccc34)cccc2C1[Si](Cl)(c1ccccc1)c1ccccc1. The lowest BCUT2D eigenvalue weighted by Crippen LogP contribution is -2.58. The van der Waals surface area contributed by atoms with Crippen molar-refractivity contribution in [1.29, 1.82) is 0 Å². The van der Waals surface area contributed by atoms with Crippen LogP contribution >= 0.6 is 11.1 Å². The molecule has 1 atom stereocenters. The smallest absolute Gasteiger partial charge is 0.154 e. The Morgan fingerprint density at radius 1 is 0.588 bits per heavy atom. The molecule has 0 radical (unpaired) electrons. The quantitative estimate of drug-likeness (QED) is 0.187. The van der Waals surface area contributed by atoms with Gasteiger partial charge in [0.25, 0.3) is 0 Å². The molecule has 0 N–H and O–H groups in total. The number of allylic oxidation sites excluding steroid dienone is 1. The second kappa shape index (κ2) is 8.43. The summed E-state index contributed by atoms with van der Waals surface area (Å²) < 4.78 is 0. The van der Waals surface area contributed by atoms with Gasteiger partial charge in [-0.1, -0.05) is 133 Å². The Morgan fingerprint density at radius 2 is 1.15 bits per heavy atom. The van der Waals surface area contributed by atoms with E-state index in [1.165, 1.54) is 49.0 Å². The summed E-state index contributed by atoms with van der Waals surface area (Å²) in [6.45, 7) is 2.26. The summed E-state index contributed by atoms with van der Waals surface area (Å²) in [6.07, 6.45) is 2.38. The zero-order valence-electron chi connectivity index (χ0n) is 19.1. The lowest BCUT2D eigenvalue weighted by Gasteiger charge is -2.34. The number of fused-ring (bicyclic) bond motifs is 2. The first-order valence-electron chi connectivity index (χ1n) is 11.8. The maximum absolute atomic E-state index is 7.91. The molecule has 0 saturated heterocycles. The van der Waals surface area contributed by atoms with E-state index < -0.39 is 7.38 Å². The normalized spacial score (nSPS) is 15.2. The minimum Gasteiger partial charge on any atom is -0.154 e. The molecule has 0 fully saturated rings. The van der Waals surface area contributed by atoms with Crippen molar-refractivity contribution in [2.24, 2.45) is 0 Å². The summed E-state index contributed by atoms with van der Waals surface area (Å²) in [4.78, 5) is 0. The maximum atomic E-state index is 7.91. The van der Waals surface area contributed by atoms with Crippen LogP contribution in [0.25, 0.3) is 28.0 Å². The van der Waals surface area contributed by atoms with Crippen molar-refractivity contribution in [1.82, 2.24) is 0 Å². The van der Waals surface area contributed by atoms with Crippen LogP contribution < -0.4 is 10.4 Å². The van der Waals surface area contributed by atoms with E-state index in [0.717, 1.165) is 0 Å². The number of hydrogen-bond donors (Lipinski definition) is 0.